The summed E-state index contributed by atoms with van der Waals surface area (Å²) in [4.78, 5) is 0.0897. The lowest BCUT2D eigenvalue weighted by Crippen LogP contribution is -2.13. The maximum Gasteiger partial charge on any atom is 0.261 e. The lowest BCUT2D eigenvalue weighted by atomic mass is 10.3. The van der Waals surface area contributed by atoms with Crippen molar-refractivity contribution in [1.82, 2.24) is 0 Å². The normalized spacial score (nSPS) is 11.3. The van der Waals surface area contributed by atoms with Crippen LogP contribution in [0.4, 0.5) is 5.69 Å². The minimum Gasteiger partial charge on any atom is -0.278 e. The molecule has 3 nitrogen and oxygen atoms in total. The smallest absolute Gasteiger partial charge is 0.261 e. The van der Waals surface area contributed by atoms with Crippen LogP contribution in [-0.2, 0) is 10.0 Å². The van der Waals surface area contributed by atoms with Crippen LogP contribution in [-0.4, -0.2) is 8.42 Å². The second kappa shape index (κ2) is 5.71. The molecule has 7 heteroatoms. The molecule has 2 aromatic carbocycles. The number of anilines is 1. The molecule has 0 unspecified atom stereocenters. The van der Waals surface area contributed by atoms with E-state index in [1.807, 2.05) is 0 Å². The summed E-state index contributed by atoms with van der Waals surface area (Å²) in [5.41, 5.74) is 0.368. The Bertz CT molecular complexity index is 719. The Hall–Kier alpha value is -0.750. The molecule has 19 heavy (non-hydrogen) atoms. The van der Waals surface area contributed by atoms with Gasteiger partial charge >= 0.3 is 0 Å². The van der Waals surface area contributed by atoms with Gasteiger partial charge in [-0.3, -0.25) is 4.72 Å². The molecule has 0 amide bonds. The van der Waals surface area contributed by atoms with Crippen LogP contribution in [0.3, 0.4) is 0 Å². The molecular formula is C12H8BrCl2NO2S. The number of hydrogen-bond donors (Lipinski definition) is 1. The van der Waals surface area contributed by atoms with Crippen LogP contribution in [0.1, 0.15) is 0 Å². The molecule has 0 radical (unpaired) electrons. The molecule has 1 N–H and O–H groups in total. The summed E-state index contributed by atoms with van der Waals surface area (Å²) < 4.78 is 27.3. The van der Waals surface area contributed by atoms with Crippen molar-refractivity contribution in [2.45, 2.75) is 4.90 Å². The van der Waals surface area contributed by atoms with E-state index in [0.717, 1.165) is 0 Å². The Balaban J connectivity index is 2.39. The standard InChI is InChI=1S/C12H8BrCl2NO2S/c13-12-10(15)5-2-6-11(12)16-19(17,18)9-4-1-3-8(14)7-9/h1-7,16H. The van der Waals surface area contributed by atoms with Crippen molar-refractivity contribution < 1.29 is 8.42 Å². The van der Waals surface area contributed by atoms with E-state index >= 15 is 0 Å². The first-order valence-electron chi connectivity index (χ1n) is 5.12. The van der Waals surface area contributed by atoms with E-state index in [-0.39, 0.29) is 4.90 Å². The van der Waals surface area contributed by atoms with Gasteiger partial charge in [0.1, 0.15) is 0 Å². The highest BCUT2D eigenvalue weighted by atomic mass is 79.9. The minimum atomic E-state index is -3.70. The molecule has 0 aliphatic rings. The highest BCUT2D eigenvalue weighted by Crippen LogP contribution is 2.31. The zero-order valence-corrected chi connectivity index (χ0v) is 13.3. The van der Waals surface area contributed by atoms with Crippen molar-refractivity contribution in [3.63, 3.8) is 0 Å². The molecular weight excluding hydrogens is 373 g/mol. The second-order valence-electron chi connectivity index (χ2n) is 3.66. The van der Waals surface area contributed by atoms with Gasteiger partial charge in [0.15, 0.2) is 0 Å². The predicted molar refractivity (Wildman–Crippen MR) is 81.4 cm³/mol. The predicted octanol–water partition coefficient (Wildman–Crippen LogP) is 4.56. The Morgan fingerprint density at radius 2 is 1.74 bits per heavy atom. The number of sulfonamides is 1. The fraction of sp³-hybridized carbons (Fsp3) is 0. The average molecular weight is 381 g/mol. The van der Waals surface area contributed by atoms with Gasteiger partial charge in [0.05, 0.1) is 20.1 Å². The zero-order chi connectivity index (χ0) is 14.0. The maximum absolute atomic E-state index is 12.2. The first-order valence-corrected chi connectivity index (χ1v) is 8.16. The molecule has 0 atom stereocenters. The van der Waals surface area contributed by atoms with E-state index in [9.17, 15) is 8.42 Å². The quantitative estimate of drug-likeness (QED) is 0.848. The number of hydrogen-bond acceptors (Lipinski definition) is 2. The van der Waals surface area contributed by atoms with Gasteiger partial charge in [-0.2, -0.15) is 0 Å². The van der Waals surface area contributed by atoms with Gasteiger partial charge < -0.3 is 0 Å². The third kappa shape index (κ3) is 3.42. The van der Waals surface area contributed by atoms with Gasteiger partial charge in [0.2, 0.25) is 0 Å². The van der Waals surface area contributed by atoms with Gasteiger partial charge in [0, 0.05) is 5.02 Å². The Labute approximate surface area is 129 Å². The molecule has 0 fully saturated rings. The first-order chi connectivity index (χ1) is 8.90. The van der Waals surface area contributed by atoms with Crippen LogP contribution < -0.4 is 4.72 Å². The van der Waals surface area contributed by atoms with Crippen LogP contribution in [0.2, 0.25) is 10.0 Å². The summed E-state index contributed by atoms with van der Waals surface area (Å²) in [7, 11) is -3.70. The molecule has 0 heterocycles. The van der Waals surface area contributed by atoms with Crippen LogP contribution in [0, 0.1) is 0 Å². The molecule has 0 aliphatic heterocycles. The maximum atomic E-state index is 12.2. The van der Waals surface area contributed by atoms with Gasteiger partial charge in [-0.1, -0.05) is 35.3 Å². The summed E-state index contributed by atoms with van der Waals surface area (Å²) in [6.45, 7) is 0. The molecule has 0 saturated carbocycles. The molecule has 2 aromatic rings. The average Bonchev–Trinajstić information content (AvgIpc) is 2.35. The van der Waals surface area contributed by atoms with Crippen LogP contribution in [0.5, 0.6) is 0 Å². The van der Waals surface area contributed by atoms with Crippen LogP contribution in [0.25, 0.3) is 0 Å². The van der Waals surface area contributed by atoms with Gasteiger partial charge in [-0.25, -0.2) is 8.42 Å². The number of nitrogens with one attached hydrogen (secondary N) is 1. The fourth-order valence-corrected chi connectivity index (χ4v) is 3.46. The highest BCUT2D eigenvalue weighted by Gasteiger charge is 2.16. The summed E-state index contributed by atoms with van der Waals surface area (Å²) in [6.07, 6.45) is 0. The molecule has 2 rings (SSSR count). The van der Waals surface area contributed by atoms with E-state index in [1.165, 1.54) is 12.1 Å². The fourth-order valence-electron chi connectivity index (χ4n) is 1.42. The van der Waals surface area contributed by atoms with Crippen molar-refractivity contribution >= 4 is 54.8 Å². The lowest BCUT2D eigenvalue weighted by Gasteiger charge is -2.10. The topological polar surface area (TPSA) is 46.2 Å². The van der Waals surface area contributed by atoms with Crippen molar-refractivity contribution in [1.29, 1.82) is 0 Å². The van der Waals surface area contributed by atoms with E-state index < -0.39 is 10.0 Å². The molecule has 0 bridgehead atoms. The lowest BCUT2D eigenvalue weighted by molar-refractivity contribution is 0.601. The van der Waals surface area contributed by atoms with Gasteiger partial charge in [-0.05, 0) is 46.3 Å². The Morgan fingerprint density at radius 3 is 2.42 bits per heavy atom. The molecule has 0 aromatic heterocycles. The van der Waals surface area contributed by atoms with E-state index in [4.69, 9.17) is 23.2 Å². The summed E-state index contributed by atoms with van der Waals surface area (Å²) >= 11 is 14.9. The van der Waals surface area contributed by atoms with E-state index in [1.54, 1.807) is 30.3 Å². The van der Waals surface area contributed by atoms with E-state index in [0.29, 0.717) is 20.2 Å². The largest absolute Gasteiger partial charge is 0.278 e. The third-order valence-electron chi connectivity index (χ3n) is 2.30. The molecule has 0 spiro atoms. The van der Waals surface area contributed by atoms with Crippen molar-refractivity contribution in [2.75, 3.05) is 4.72 Å². The highest BCUT2D eigenvalue weighted by molar-refractivity contribution is 9.10. The molecule has 0 saturated heterocycles. The van der Waals surface area contributed by atoms with Crippen molar-refractivity contribution in [3.8, 4) is 0 Å². The minimum absolute atomic E-state index is 0.0897. The van der Waals surface area contributed by atoms with Crippen molar-refractivity contribution in [3.05, 3.63) is 57.0 Å². The number of halogens is 3. The summed E-state index contributed by atoms with van der Waals surface area (Å²) in [5.74, 6) is 0. The molecule has 0 aliphatic carbocycles. The van der Waals surface area contributed by atoms with Gasteiger partial charge in [-0.15, -0.1) is 0 Å². The zero-order valence-electron chi connectivity index (χ0n) is 9.40. The van der Waals surface area contributed by atoms with Crippen LogP contribution >= 0.6 is 39.1 Å². The van der Waals surface area contributed by atoms with E-state index in [2.05, 4.69) is 20.7 Å². The second-order valence-corrected chi connectivity index (χ2v) is 6.98. The Kier molecular flexibility index (Phi) is 4.40. The van der Waals surface area contributed by atoms with Crippen molar-refractivity contribution in [2.24, 2.45) is 0 Å². The number of benzene rings is 2. The first kappa shape index (κ1) is 14.7. The summed E-state index contributed by atoms with van der Waals surface area (Å²) in [6, 6.07) is 10.9. The number of rotatable bonds is 3. The Morgan fingerprint density at radius 1 is 1.05 bits per heavy atom. The van der Waals surface area contributed by atoms with Crippen LogP contribution in [0.15, 0.2) is 51.8 Å². The van der Waals surface area contributed by atoms with Gasteiger partial charge in [0.25, 0.3) is 10.0 Å². The monoisotopic (exact) mass is 379 g/mol. The molecule has 100 valence electrons. The third-order valence-corrected chi connectivity index (χ3v) is 5.30. The SMILES string of the molecule is O=S(=O)(Nc1cccc(Cl)c1Br)c1cccc(Cl)c1. The summed E-state index contributed by atoms with van der Waals surface area (Å²) in [5, 5.41) is 0.777.